The molecule has 0 aliphatic carbocycles. The van der Waals surface area contributed by atoms with Gasteiger partial charge >= 0.3 is 0 Å². The molecule has 3 nitrogen and oxygen atoms in total. The molecule has 1 aromatic rings. The van der Waals surface area contributed by atoms with Crippen molar-refractivity contribution in [2.75, 3.05) is 13.1 Å². The van der Waals surface area contributed by atoms with Gasteiger partial charge in [0.2, 0.25) is 0 Å². The molecule has 17 heavy (non-hydrogen) atoms. The van der Waals surface area contributed by atoms with Crippen LogP contribution in [0.15, 0.2) is 30.3 Å². The zero-order valence-corrected chi connectivity index (χ0v) is 10.2. The fraction of sp³-hybridized carbons (Fsp3) is 0.500. The highest BCUT2D eigenvalue weighted by Gasteiger charge is 2.33. The summed E-state index contributed by atoms with van der Waals surface area (Å²) in [5.74, 6) is 0.400. The molecule has 0 bridgehead atoms. The summed E-state index contributed by atoms with van der Waals surface area (Å²) in [5, 5.41) is 8.74. The van der Waals surface area contributed by atoms with Gasteiger partial charge in [-0.05, 0) is 12.5 Å². The molecule has 3 heteroatoms. The highest BCUT2D eigenvalue weighted by Crippen LogP contribution is 2.27. The van der Waals surface area contributed by atoms with Crippen LogP contribution in [0.5, 0.6) is 0 Å². The Morgan fingerprint density at radius 1 is 1.41 bits per heavy atom. The van der Waals surface area contributed by atoms with Crippen molar-refractivity contribution in [2.24, 2.45) is 5.73 Å². The second-order valence-corrected chi connectivity index (χ2v) is 4.85. The molecular weight excluding hydrogens is 210 g/mol. The van der Waals surface area contributed by atoms with Gasteiger partial charge in [0.25, 0.3) is 0 Å². The summed E-state index contributed by atoms with van der Waals surface area (Å²) in [6.45, 7) is 3.96. The largest absolute Gasteiger partial charge is 0.326 e. The Labute approximate surface area is 103 Å². The summed E-state index contributed by atoms with van der Waals surface area (Å²) in [5.41, 5.74) is 7.52. The Hall–Kier alpha value is -1.37. The van der Waals surface area contributed by atoms with Crippen LogP contribution >= 0.6 is 0 Å². The number of hydrogen-bond donors (Lipinski definition) is 1. The van der Waals surface area contributed by atoms with Crippen molar-refractivity contribution in [3.8, 4) is 6.07 Å². The molecule has 0 amide bonds. The number of rotatable bonds is 3. The van der Waals surface area contributed by atoms with E-state index in [1.165, 1.54) is 5.56 Å². The molecule has 1 aliphatic rings. The fourth-order valence-electron chi connectivity index (χ4n) is 2.53. The molecule has 2 rings (SSSR count). The van der Waals surface area contributed by atoms with Crippen molar-refractivity contribution < 1.29 is 0 Å². The van der Waals surface area contributed by atoms with E-state index in [0.717, 1.165) is 13.1 Å². The lowest BCUT2D eigenvalue weighted by molar-refractivity contribution is 0.256. The third kappa shape index (κ3) is 2.66. The smallest absolute Gasteiger partial charge is 0.0638 e. The van der Waals surface area contributed by atoms with E-state index in [1.807, 2.05) is 6.07 Å². The lowest BCUT2D eigenvalue weighted by atomic mass is 9.95. The van der Waals surface area contributed by atoms with Crippen molar-refractivity contribution >= 4 is 0 Å². The van der Waals surface area contributed by atoms with E-state index in [1.54, 1.807) is 0 Å². The van der Waals surface area contributed by atoms with Gasteiger partial charge in [-0.3, -0.25) is 4.90 Å². The van der Waals surface area contributed by atoms with Crippen LogP contribution in [-0.4, -0.2) is 30.1 Å². The summed E-state index contributed by atoms with van der Waals surface area (Å²) in [4.78, 5) is 2.32. The van der Waals surface area contributed by atoms with Crippen LogP contribution in [0.3, 0.4) is 0 Å². The molecule has 1 heterocycles. The first-order valence-electron chi connectivity index (χ1n) is 6.14. The van der Waals surface area contributed by atoms with E-state index in [9.17, 15) is 0 Å². The highest BCUT2D eigenvalue weighted by molar-refractivity contribution is 5.23. The molecule has 1 aliphatic heterocycles. The number of nitriles is 1. The summed E-state index contributed by atoms with van der Waals surface area (Å²) >= 11 is 0. The van der Waals surface area contributed by atoms with Crippen LogP contribution in [0.2, 0.25) is 0 Å². The van der Waals surface area contributed by atoms with Gasteiger partial charge in [0, 0.05) is 31.1 Å². The van der Waals surface area contributed by atoms with Crippen molar-refractivity contribution in [1.82, 2.24) is 4.90 Å². The summed E-state index contributed by atoms with van der Waals surface area (Å²) in [7, 11) is 0. The van der Waals surface area contributed by atoms with Gasteiger partial charge < -0.3 is 5.73 Å². The molecule has 0 saturated carbocycles. The summed E-state index contributed by atoms with van der Waals surface area (Å²) < 4.78 is 0. The Kier molecular flexibility index (Phi) is 3.78. The van der Waals surface area contributed by atoms with Gasteiger partial charge in [-0.2, -0.15) is 5.26 Å². The number of nitrogens with zero attached hydrogens (tertiary/aromatic N) is 2. The zero-order chi connectivity index (χ0) is 12.3. The maximum absolute atomic E-state index is 8.74. The molecule has 0 radical (unpaired) electrons. The van der Waals surface area contributed by atoms with Crippen LogP contribution in [0, 0.1) is 11.3 Å². The number of hydrogen-bond acceptors (Lipinski definition) is 3. The Bertz CT molecular complexity index is 396. The average Bonchev–Trinajstić information content (AvgIpc) is 2.73. The van der Waals surface area contributed by atoms with E-state index < -0.39 is 0 Å². The molecule has 3 unspecified atom stereocenters. The van der Waals surface area contributed by atoms with Crippen molar-refractivity contribution in [1.29, 1.82) is 5.26 Å². The SMILES string of the molecule is CC(CC#N)N1CC(N)C(c2ccccc2)C1. The van der Waals surface area contributed by atoms with Crippen LogP contribution in [0.1, 0.15) is 24.8 Å². The monoisotopic (exact) mass is 229 g/mol. The molecule has 2 N–H and O–H groups in total. The van der Waals surface area contributed by atoms with Gasteiger partial charge in [-0.1, -0.05) is 30.3 Å². The zero-order valence-electron chi connectivity index (χ0n) is 10.2. The molecular formula is C14H19N3. The van der Waals surface area contributed by atoms with E-state index in [2.05, 4.69) is 42.2 Å². The van der Waals surface area contributed by atoms with Crippen LogP contribution < -0.4 is 5.73 Å². The van der Waals surface area contributed by atoms with E-state index >= 15 is 0 Å². The first-order valence-corrected chi connectivity index (χ1v) is 6.14. The Morgan fingerprint density at radius 3 is 2.76 bits per heavy atom. The normalized spacial score (nSPS) is 26.6. The van der Waals surface area contributed by atoms with Gasteiger partial charge in [0.15, 0.2) is 0 Å². The van der Waals surface area contributed by atoms with E-state index in [4.69, 9.17) is 11.0 Å². The molecule has 1 fully saturated rings. The lowest BCUT2D eigenvalue weighted by Crippen LogP contribution is -2.33. The molecule has 3 atom stereocenters. The molecule has 90 valence electrons. The predicted molar refractivity (Wildman–Crippen MR) is 68.4 cm³/mol. The minimum atomic E-state index is 0.179. The van der Waals surface area contributed by atoms with Gasteiger partial charge in [0.05, 0.1) is 12.5 Å². The van der Waals surface area contributed by atoms with Gasteiger partial charge in [-0.15, -0.1) is 0 Å². The number of nitrogens with two attached hydrogens (primary N) is 1. The Morgan fingerprint density at radius 2 is 2.12 bits per heavy atom. The maximum Gasteiger partial charge on any atom is 0.0638 e. The molecule has 1 aromatic carbocycles. The minimum Gasteiger partial charge on any atom is -0.326 e. The molecule has 1 saturated heterocycles. The highest BCUT2D eigenvalue weighted by atomic mass is 15.2. The van der Waals surface area contributed by atoms with Gasteiger partial charge in [-0.25, -0.2) is 0 Å². The minimum absolute atomic E-state index is 0.179. The standard InChI is InChI=1S/C14H19N3/c1-11(7-8-15)17-9-13(14(16)10-17)12-5-3-2-4-6-12/h2-6,11,13-14H,7,9-10,16H2,1H3. The average molecular weight is 229 g/mol. The Balaban J connectivity index is 2.06. The second kappa shape index (κ2) is 5.31. The fourth-order valence-corrected chi connectivity index (χ4v) is 2.53. The number of benzene rings is 1. The number of likely N-dealkylation sites (tertiary alicyclic amines) is 1. The van der Waals surface area contributed by atoms with Crippen molar-refractivity contribution in [3.05, 3.63) is 35.9 Å². The first-order chi connectivity index (χ1) is 8.22. The quantitative estimate of drug-likeness (QED) is 0.858. The van der Waals surface area contributed by atoms with Crippen LogP contribution in [0.25, 0.3) is 0 Å². The third-order valence-electron chi connectivity index (χ3n) is 3.63. The topological polar surface area (TPSA) is 53.0 Å². The molecule has 0 aromatic heterocycles. The maximum atomic E-state index is 8.74. The third-order valence-corrected chi connectivity index (χ3v) is 3.63. The van der Waals surface area contributed by atoms with E-state index in [-0.39, 0.29) is 6.04 Å². The summed E-state index contributed by atoms with van der Waals surface area (Å²) in [6.07, 6.45) is 0.578. The second-order valence-electron chi connectivity index (χ2n) is 4.85. The van der Waals surface area contributed by atoms with Crippen LogP contribution in [0.4, 0.5) is 0 Å². The van der Waals surface area contributed by atoms with Crippen LogP contribution in [-0.2, 0) is 0 Å². The van der Waals surface area contributed by atoms with Gasteiger partial charge in [0.1, 0.15) is 0 Å². The van der Waals surface area contributed by atoms with Crippen molar-refractivity contribution in [2.45, 2.75) is 31.3 Å². The molecule has 0 spiro atoms. The summed E-state index contributed by atoms with van der Waals surface area (Å²) in [6, 6.07) is 13.1. The first kappa shape index (κ1) is 12.1. The van der Waals surface area contributed by atoms with E-state index in [0.29, 0.717) is 18.4 Å². The predicted octanol–water partition coefficient (Wildman–Crippen LogP) is 1.72. The van der Waals surface area contributed by atoms with Crippen molar-refractivity contribution in [3.63, 3.8) is 0 Å². The lowest BCUT2D eigenvalue weighted by Gasteiger charge is -2.21.